The molecule has 0 atom stereocenters. The maximum Gasteiger partial charge on any atom is 0.501 e. The van der Waals surface area contributed by atoms with E-state index >= 15 is 0 Å². The molecule has 3 N–H and O–H groups in total. The number of sulfone groups is 1. The molecule has 0 heterocycles. The molecule has 0 spiro atoms. The number of anilines is 1. The fourth-order valence-electron chi connectivity index (χ4n) is 1.82. The minimum Gasteiger partial charge on any atom is -0.384 e. The van der Waals surface area contributed by atoms with Crippen molar-refractivity contribution in [3.8, 4) is 0 Å². The summed E-state index contributed by atoms with van der Waals surface area (Å²) in [6.45, 7) is 1.02. The van der Waals surface area contributed by atoms with Crippen molar-refractivity contribution in [3.05, 3.63) is 24.3 Å². The van der Waals surface area contributed by atoms with Gasteiger partial charge in [-0.05, 0) is 31.5 Å². The van der Waals surface area contributed by atoms with E-state index in [0.29, 0.717) is 13.1 Å². The first-order valence-electron chi connectivity index (χ1n) is 6.65. The molecule has 0 bridgehead atoms. The summed E-state index contributed by atoms with van der Waals surface area (Å²) < 4.78 is 60.7. The average Bonchev–Trinajstić information content (AvgIpc) is 2.42. The first kappa shape index (κ1) is 17.8. The van der Waals surface area contributed by atoms with Crippen molar-refractivity contribution in [2.24, 2.45) is 5.73 Å². The van der Waals surface area contributed by atoms with Crippen molar-refractivity contribution < 1.29 is 21.6 Å². The molecule has 4 nitrogen and oxygen atoms in total. The standard InChI is InChI=1S/C13H19F3N2O2S/c14-13(15,16)21(19,20)12-8-4-3-7-11(12)18-10-6-2-1-5-9-17/h3-4,7-8,18H,1-2,5-6,9-10,17H2. The number of rotatable bonds is 8. The van der Waals surface area contributed by atoms with Crippen LogP contribution in [-0.4, -0.2) is 27.0 Å². The zero-order valence-corrected chi connectivity index (χ0v) is 12.3. The summed E-state index contributed by atoms with van der Waals surface area (Å²) >= 11 is 0. The maximum absolute atomic E-state index is 12.6. The molecule has 0 amide bonds. The molecule has 1 aromatic rings. The van der Waals surface area contributed by atoms with Crippen molar-refractivity contribution in [1.29, 1.82) is 0 Å². The predicted octanol–water partition coefficient (Wildman–Crippen LogP) is 2.91. The lowest BCUT2D eigenvalue weighted by Gasteiger charge is -2.14. The lowest BCUT2D eigenvalue weighted by Crippen LogP contribution is -2.24. The molecular formula is C13H19F3N2O2S. The second kappa shape index (κ2) is 7.65. The van der Waals surface area contributed by atoms with Gasteiger partial charge in [0.1, 0.15) is 0 Å². The Kier molecular flexibility index (Phi) is 6.47. The van der Waals surface area contributed by atoms with Crippen molar-refractivity contribution in [2.45, 2.75) is 36.1 Å². The molecule has 8 heteroatoms. The molecule has 0 radical (unpaired) electrons. The zero-order valence-electron chi connectivity index (χ0n) is 11.5. The number of unbranched alkanes of at least 4 members (excludes halogenated alkanes) is 3. The first-order valence-corrected chi connectivity index (χ1v) is 8.13. The number of benzene rings is 1. The van der Waals surface area contributed by atoms with Crippen molar-refractivity contribution in [3.63, 3.8) is 0 Å². The predicted molar refractivity (Wildman–Crippen MR) is 75.7 cm³/mol. The number of hydrogen-bond donors (Lipinski definition) is 2. The van der Waals surface area contributed by atoms with E-state index in [2.05, 4.69) is 5.32 Å². The van der Waals surface area contributed by atoms with E-state index in [4.69, 9.17) is 5.73 Å². The molecular weight excluding hydrogens is 305 g/mol. The summed E-state index contributed by atoms with van der Waals surface area (Å²) in [6, 6.07) is 5.05. The highest BCUT2D eigenvalue weighted by atomic mass is 32.2. The Morgan fingerprint density at radius 2 is 1.67 bits per heavy atom. The van der Waals surface area contributed by atoms with Crippen LogP contribution in [0.25, 0.3) is 0 Å². The Hall–Kier alpha value is -1.28. The third-order valence-electron chi connectivity index (χ3n) is 2.93. The van der Waals surface area contributed by atoms with Gasteiger partial charge in [-0.3, -0.25) is 0 Å². The number of halogens is 3. The fraction of sp³-hybridized carbons (Fsp3) is 0.538. The average molecular weight is 324 g/mol. The van der Waals surface area contributed by atoms with Gasteiger partial charge in [0, 0.05) is 6.54 Å². The van der Waals surface area contributed by atoms with Crippen LogP contribution < -0.4 is 11.1 Å². The monoisotopic (exact) mass is 324 g/mol. The molecule has 0 aliphatic rings. The highest BCUT2D eigenvalue weighted by Crippen LogP contribution is 2.34. The van der Waals surface area contributed by atoms with E-state index in [0.717, 1.165) is 31.7 Å². The van der Waals surface area contributed by atoms with E-state index in [1.54, 1.807) is 0 Å². The Morgan fingerprint density at radius 3 is 2.29 bits per heavy atom. The fourth-order valence-corrected chi connectivity index (χ4v) is 2.75. The van der Waals surface area contributed by atoms with Crippen molar-refractivity contribution >= 4 is 15.5 Å². The quantitative estimate of drug-likeness (QED) is 0.721. The van der Waals surface area contributed by atoms with Gasteiger partial charge in [0.2, 0.25) is 0 Å². The van der Waals surface area contributed by atoms with Gasteiger partial charge in [-0.2, -0.15) is 13.2 Å². The summed E-state index contributed by atoms with van der Waals surface area (Å²) in [4.78, 5) is -0.737. The molecule has 0 aromatic heterocycles. The van der Waals surface area contributed by atoms with E-state index in [1.165, 1.54) is 18.2 Å². The molecule has 120 valence electrons. The van der Waals surface area contributed by atoms with Gasteiger partial charge in [-0.25, -0.2) is 8.42 Å². The van der Waals surface area contributed by atoms with E-state index in [-0.39, 0.29) is 5.69 Å². The van der Waals surface area contributed by atoms with Crippen LogP contribution >= 0.6 is 0 Å². The summed E-state index contributed by atoms with van der Waals surface area (Å²) in [5, 5.41) is 2.76. The van der Waals surface area contributed by atoms with Gasteiger partial charge in [0.15, 0.2) is 0 Å². The number of hydrogen-bond acceptors (Lipinski definition) is 4. The van der Waals surface area contributed by atoms with Gasteiger partial charge < -0.3 is 11.1 Å². The van der Waals surface area contributed by atoms with Crippen LogP contribution in [0.3, 0.4) is 0 Å². The molecule has 0 aliphatic heterocycles. The molecule has 0 saturated carbocycles. The highest BCUT2D eigenvalue weighted by molar-refractivity contribution is 7.92. The molecule has 1 rings (SSSR count). The van der Waals surface area contributed by atoms with Gasteiger partial charge in [-0.1, -0.05) is 25.0 Å². The smallest absolute Gasteiger partial charge is 0.384 e. The third-order valence-corrected chi connectivity index (χ3v) is 4.47. The highest BCUT2D eigenvalue weighted by Gasteiger charge is 2.47. The Morgan fingerprint density at radius 1 is 1.05 bits per heavy atom. The van der Waals surface area contributed by atoms with Gasteiger partial charge in [0.05, 0.1) is 10.6 Å². The maximum atomic E-state index is 12.6. The van der Waals surface area contributed by atoms with Crippen LogP contribution in [-0.2, 0) is 9.84 Å². The number of nitrogens with two attached hydrogens (primary N) is 1. The second-order valence-electron chi connectivity index (χ2n) is 4.58. The minimum absolute atomic E-state index is 0.0198. The first-order chi connectivity index (χ1) is 9.80. The van der Waals surface area contributed by atoms with Crippen LogP contribution in [0.4, 0.5) is 18.9 Å². The van der Waals surface area contributed by atoms with Crippen molar-refractivity contribution in [1.82, 2.24) is 0 Å². The number of alkyl halides is 3. The zero-order chi connectivity index (χ0) is 15.9. The minimum atomic E-state index is -5.34. The molecule has 0 aliphatic carbocycles. The SMILES string of the molecule is NCCCCCCNc1ccccc1S(=O)(=O)C(F)(F)F. The lowest BCUT2D eigenvalue weighted by molar-refractivity contribution is -0.0435. The van der Waals surface area contributed by atoms with Gasteiger partial charge in [-0.15, -0.1) is 0 Å². The summed E-state index contributed by atoms with van der Waals surface area (Å²) in [6.07, 6.45) is 3.47. The molecule has 0 fully saturated rings. The summed E-state index contributed by atoms with van der Waals surface area (Å²) in [7, 11) is -5.34. The van der Waals surface area contributed by atoms with Gasteiger partial charge in [0.25, 0.3) is 9.84 Å². The van der Waals surface area contributed by atoms with Crippen LogP contribution in [0.1, 0.15) is 25.7 Å². The lowest BCUT2D eigenvalue weighted by atomic mass is 10.2. The Balaban J connectivity index is 2.73. The normalized spacial score (nSPS) is 12.4. The number of para-hydroxylation sites is 1. The summed E-state index contributed by atoms with van der Waals surface area (Å²) in [5.74, 6) is 0. The van der Waals surface area contributed by atoms with Crippen LogP contribution in [0, 0.1) is 0 Å². The largest absolute Gasteiger partial charge is 0.501 e. The Bertz CT molecular complexity index is 545. The molecule has 21 heavy (non-hydrogen) atoms. The molecule has 0 unspecified atom stereocenters. The molecule has 1 aromatic carbocycles. The van der Waals surface area contributed by atoms with Crippen LogP contribution in [0.15, 0.2) is 29.2 Å². The molecule has 0 saturated heterocycles. The topological polar surface area (TPSA) is 72.2 Å². The van der Waals surface area contributed by atoms with Crippen LogP contribution in [0.5, 0.6) is 0 Å². The van der Waals surface area contributed by atoms with Gasteiger partial charge >= 0.3 is 5.51 Å². The van der Waals surface area contributed by atoms with Crippen molar-refractivity contribution in [2.75, 3.05) is 18.4 Å². The Labute approximate surface area is 122 Å². The van der Waals surface area contributed by atoms with E-state index in [1.807, 2.05) is 0 Å². The van der Waals surface area contributed by atoms with E-state index < -0.39 is 20.2 Å². The van der Waals surface area contributed by atoms with E-state index in [9.17, 15) is 21.6 Å². The third kappa shape index (κ3) is 4.89. The van der Waals surface area contributed by atoms with Crippen LogP contribution in [0.2, 0.25) is 0 Å². The second-order valence-corrected chi connectivity index (χ2v) is 6.48. The summed E-state index contributed by atoms with van der Waals surface area (Å²) in [5.41, 5.74) is 0.0345. The number of nitrogens with one attached hydrogen (secondary N) is 1.